The number of esters is 1. The highest BCUT2D eigenvalue weighted by atomic mass is 16.5. The van der Waals surface area contributed by atoms with Crippen molar-refractivity contribution in [1.29, 1.82) is 0 Å². The molecule has 0 aliphatic rings. The van der Waals surface area contributed by atoms with Crippen molar-refractivity contribution in [1.82, 2.24) is 9.55 Å². The zero-order valence-electron chi connectivity index (χ0n) is 18.1. The zero-order valence-corrected chi connectivity index (χ0v) is 18.1. The summed E-state index contributed by atoms with van der Waals surface area (Å²) in [5, 5.41) is 0. The van der Waals surface area contributed by atoms with Crippen LogP contribution in [0.1, 0.15) is 44.9 Å². The molecule has 0 spiro atoms. The smallest absolute Gasteiger partial charge is 0.348 e. The van der Waals surface area contributed by atoms with E-state index in [1.807, 2.05) is 66.9 Å². The Hall–Kier alpha value is -3.21. The van der Waals surface area contributed by atoms with Gasteiger partial charge in [0.15, 0.2) is 0 Å². The summed E-state index contributed by atoms with van der Waals surface area (Å²) < 4.78 is 6.38. The summed E-state index contributed by atoms with van der Waals surface area (Å²) in [7, 11) is 1.43. The predicted molar refractivity (Wildman–Crippen MR) is 124 cm³/mol. The molecular weight excluding hydrogens is 388 g/mol. The van der Waals surface area contributed by atoms with Crippen molar-refractivity contribution in [3.63, 3.8) is 0 Å². The summed E-state index contributed by atoms with van der Waals surface area (Å²) in [4.78, 5) is 28.3. The van der Waals surface area contributed by atoms with Crippen LogP contribution < -0.4 is 5.69 Å². The van der Waals surface area contributed by atoms with Gasteiger partial charge < -0.3 is 4.74 Å². The third-order valence-corrected chi connectivity index (χ3v) is 5.38. The van der Waals surface area contributed by atoms with E-state index >= 15 is 0 Å². The molecule has 0 fully saturated rings. The highest BCUT2D eigenvalue weighted by Crippen LogP contribution is 2.29. The molecule has 5 nitrogen and oxygen atoms in total. The number of hydrogen-bond acceptors (Lipinski definition) is 4. The van der Waals surface area contributed by atoms with E-state index in [9.17, 15) is 9.59 Å². The monoisotopic (exact) mass is 418 g/mol. The van der Waals surface area contributed by atoms with Crippen molar-refractivity contribution >= 4 is 5.97 Å². The first kappa shape index (κ1) is 22.5. The van der Waals surface area contributed by atoms with E-state index in [1.165, 1.54) is 7.11 Å². The fraction of sp³-hybridized carbons (Fsp3) is 0.346. The molecule has 0 atom stereocenters. The first-order chi connectivity index (χ1) is 15.2. The first-order valence-electron chi connectivity index (χ1n) is 11.0. The molecule has 162 valence electrons. The molecule has 31 heavy (non-hydrogen) atoms. The highest BCUT2D eigenvalue weighted by Gasteiger charge is 2.12. The quantitative estimate of drug-likeness (QED) is 0.305. The molecular formula is C26H30N2O3. The number of ether oxygens (including phenoxy) is 1. The van der Waals surface area contributed by atoms with Crippen LogP contribution in [0.4, 0.5) is 0 Å². The van der Waals surface area contributed by atoms with Crippen molar-refractivity contribution in [2.75, 3.05) is 7.11 Å². The number of nitrogens with zero attached hydrogens (tertiary/aromatic N) is 2. The number of carbonyl (C=O) groups excluding carboxylic acids is 1. The second-order valence-electron chi connectivity index (χ2n) is 7.66. The van der Waals surface area contributed by atoms with Gasteiger partial charge in [-0.25, -0.2) is 4.79 Å². The Morgan fingerprint density at radius 1 is 0.839 bits per heavy atom. The summed E-state index contributed by atoms with van der Waals surface area (Å²) >= 11 is 0. The van der Waals surface area contributed by atoms with Crippen LogP contribution in [0.5, 0.6) is 0 Å². The standard InChI is InChI=1S/C26H30N2O3/c1-31-24(29)18-12-4-2-3-5-13-19-28-20-23(21-14-8-6-9-15-21)25(27-26(28)30)22-16-10-7-11-17-22/h6-11,14-17,20H,2-5,12-13,18-19H2,1H3. The molecule has 0 saturated carbocycles. The number of rotatable bonds is 11. The van der Waals surface area contributed by atoms with Crippen LogP contribution in [0.15, 0.2) is 71.7 Å². The van der Waals surface area contributed by atoms with Crippen molar-refractivity contribution in [3.05, 3.63) is 77.3 Å². The van der Waals surface area contributed by atoms with Gasteiger partial charge in [0.2, 0.25) is 0 Å². The molecule has 0 radical (unpaired) electrons. The van der Waals surface area contributed by atoms with E-state index in [0.29, 0.717) is 13.0 Å². The lowest BCUT2D eigenvalue weighted by Crippen LogP contribution is -2.23. The predicted octanol–water partition coefficient (Wildman–Crippen LogP) is 5.48. The normalized spacial score (nSPS) is 10.7. The second kappa shape index (κ2) is 11.8. The Morgan fingerprint density at radius 2 is 1.42 bits per heavy atom. The molecule has 0 aliphatic heterocycles. The second-order valence-corrected chi connectivity index (χ2v) is 7.66. The Morgan fingerprint density at radius 3 is 2.06 bits per heavy atom. The minimum atomic E-state index is -0.211. The van der Waals surface area contributed by atoms with E-state index in [4.69, 9.17) is 0 Å². The van der Waals surface area contributed by atoms with Gasteiger partial charge in [-0.3, -0.25) is 9.36 Å². The maximum Gasteiger partial charge on any atom is 0.348 e. The minimum Gasteiger partial charge on any atom is -0.469 e. The van der Waals surface area contributed by atoms with E-state index in [2.05, 4.69) is 9.72 Å². The molecule has 3 rings (SSSR count). The van der Waals surface area contributed by atoms with E-state index in [1.54, 1.807) is 4.57 Å². The minimum absolute atomic E-state index is 0.139. The number of carbonyl (C=O) groups is 1. The summed E-state index contributed by atoms with van der Waals surface area (Å²) in [6, 6.07) is 19.9. The third kappa shape index (κ3) is 6.64. The van der Waals surface area contributed by atoms with Crippen LogP contribution in [0.25, 0.3) is 22.4 Å². The largest absolute Gasteiger partial charge is 0.469 e. The Labute approximate surface area is 183 Å². The molecule has 5 heteroatoms. The lowest BCUT2D eigenvalue weighted by molar-refractivity contribution is -0.140. The molecule has 2 aromatic carbocycles. The van der Waals surface area contributed by atoms with Gasteiger partial charge in [-0.1, -0.05) is 86.3 Å². The topological polar surface area (TPSA) is 61.2 Å². The Balaban J connectivity index is 1.64. The zero-order chi connectivity index (χ0) is 21.9. The summed E-state index contributed by atoms with van der Waals surface area (Å²) in [6.45, 7) is 0.656. The fourth-order valence-electron chi connectivity index (χ4n) is 3.66. The SMILES string of the molecule is COC(=O)CCCCCCCCn1cc(-c2ccccc2)c(-c2ccccc2)nc1=O. The highest BCUT2D eigenvalue weighted by molar-refractivity contribution is 5.79. The molecule has 3 aromatic rings. The van der Waals surface area contributed by atoms with Gasteiger partial charge in [0.25, 0.3) is 0 Å². The van der Waals surface area contributed by atoms with Crippen molar-refractivity contribution in [2.24, 2.45) is 0 Å². The van der Waals surface area contributed by atoms with E-state index in [0.717, 1.165) is 60.9 Å². The Kier molecular flexibility index (Phi) is 8.59. The lowest BCUT2D eigenvalue weighted by atomic mass is 10.0. The molecule has 1 aromatic heterocycles. The maximum atomic E-state index is 12.7. The van der Waals surface area contributed by atoms with Gasteiger partial charge >= 0.3 is 11.7 Å². The molecule has 0 N–H and O–H groups in total. The van der Waals surface area contributed by atoms with Gasteiger partial charge in [-0.2, -0.15) is 4.98 Å². The number of hydrogen-bond donors (Lipinski definition) is 0. The van der Waals surface area contributed by atoms with Crippen LogP contribution in [0.3, 0.4) is 0 Å². The Bertz CT molecular complexity index is 1010. The number of methoxy groups -OCH3 is 1. The van der Waals surface area contributed by atoms with Gasteiger partial charge in [0.05, 0.1) is 12.8 Å². The van der Waals surface area contributed by atoms with Crippen molar-refractivity contribution in [2.45, 2.75) is 51.5 Å². The summed E-state index contributed by atoms with van der Waals surface area (Å²) in [5.74, 6) is -0.139. The lowest BCUT2D eigenvalue weighted by Gasteiger charge is -2.13. The van der Waals surface area contributed by atoms with Crippen LogP contribution in [-0.4, -0.2) is 22.6 Å². The van der Waals surface area contributed by atoms with E-state index in [-0.39, 0.29) is 11.7 Å². The van der Waals surface area contributed by atoms with Crippen LogP contribution in [0.2, 0.25) is 0 Å². The average Bonchev–Trinajstić information content (AvgIpc) is 2.82. The number of aryl methyl sites for hydroxylation is 1. The van der Waals surface area contributed by atoms with Crippen LogP contribution in [-0.2, 0) is 16.1 Å². The molecule has 0 saturated heterocycles. The maximum absolute atomic E-state index is 12.7. The van der Waals surface area contributed by atoms with Gasteiger partial charge in [0, 0.05) is 30.3 Å². The molecule has 0 bridgehead atoms. The van der Waals surface area contributed by atoms with Crippen LogP contribution in [0, 0.1) is 0 Å². The summed E-state index contributed by atoms with van der Waals surface area (Å²) in [6.07, 6.45) is 8.50. The third-order valence-electron chi connectivity index (χ3n) is 5.38. The van der Waals surface area contributed by atoms with Gasteiger partial charge in [-0.15, -0.1) is 0 Å². The van der Waals surface area contributed by atoms with Gasteiger partial charge in [0.1, 0.15) is 0 Å². The number of aromatic nitrogens is 2. The summed E-state index contributed by atoms with van der Waals surface area (Å²) in [5.41, 5.74) is 3.47. The molecule has 0 aliphatic carbocycles. The van der Waals surface area contributed by atoms with Crippen molar-refractivity contribution in [3.8, 4) is 22.4 Å². The van der Waals surface area contributed by atoms with E-state index < -0.39 is 0 Å². The molecule has 0 amide bonds. The number of unbranched alkanes of at least 4 members (excludes halogenated alkanes) is 5. The molecule has 0 unspecified atom stereocenters. The van der Waals surface area contributed by atoms with Crippen LogP contribution >= 0.6 is 0 Å². The molecule has 1 heterocycles. The van der Waals surface area contributed by atoms with Gasteiger partial charge in [-0.05, 0) is 18.4 Å². The van der Waals surface area contributed by atoms with Crippen molar-refractivity contribution < 1.29 is 9.53 Å². The average molecular weight is 419 g/mol. The first-order valence-corrected chi connectivity index (χ1v) is 11.0. The number of benzene rings is 2. The fourth-order valence-corrected chi connectivity index (χ4v) is 3.66.